The Bertz CT molecular complexity index is 288. The van der Waals surface area contributed by atoms with Gasteiger partial charge in [-0.15, -0.1) is 0 Å². The molecule has 1 saturated heterocycles. The van der Waals surface area contributed by atoms with Crippen LogP contribution in [0.15, 0.2) is 4.99 Å². The van der Waals surface area contributed by atoms with Crippen LogP contribution in [0.5, 0.6) is 0 Å². The molecule has 2 N–H and O–H groups in total. The first-order valence-electron chi connectivity index (χ1n) is 6.48. The second-order valence-corrected chi connectivity index (χ2v) is 5.19. The predicted molar refractivity (Wildman–Crippen MR) is 63.5 cm³/mol. The highest BCUT2D eigenvalue weighted by Gasteiger charge is 2.43. The number of fused-ring (bicyclic) bond motifs is 1. The summed E-state index contributed by atoms with van der Waals surface area (Å²) in [6, 6.07) is 1.25. The highest BCUT2D eigenvalue weighted by molar-refractivity contribution is 5.80. The van der Waals surface area contributed by atoms with E-state index in [1.165, 1.54) is 25.7 Å². The van der Waals surface area contributed by atoms with Crippen LogP contribution >= 0.6 is 0 Å². The van der Waals surface area contributed by atoms with Gasteiger partial charge >= 0.3 is 0 Å². The van der Waals surface area contributed by atoms with Crippen LogP contribution in [-0.4, -0.2) is 37.8 Å². The third kappa shape index (κ3) is 2.03. The lowest BCUT2D eigenvalue weighted by Gasteiger charge is -2.47. The molecule has 1 heterocycles. The molecule has 4 heteroatoms. The zero-order valence-corrected chi connectivity index (χ0v) is 9.91. The van der Waals surface area contributed by atoms with E-state index in [4.69, 9.17) is 4.74 Å². The fourth-order valence-corrected chi connectivity index (χ4v) is 2.73. The number of nitrogens with one attached hydrogen (secondary N) is 2. The van der Waals surface area contributed by atoms with Gasteiger partial charge in [-0.3, -0.25) is 4.99 Å². The second kappa shape index (κ2) is 4.24. The smallest absolute Gasteiger partial charge is 0.191 e. The first kappa shape index (κ1) is 10.4. The molecule has 0 amide bonds. The molecule has 0 bridgehead atoms. The van der Waals surface area contributed by atoms with Gasteiger partial charge in [0.2, 0.25) is 0 Å². The summed E-state index contributed by atoms with van der Waals surface area (Å²) in [5.74, 6) is 1.70. The van der Waals surface area contributed by atoms with Gasteiger partial charge in [0.1, 0.15) is 0 Å². The van der Waals surface area contributed by atoms with Gasteiger partial charge in [0.25, 0.3) is 0 Å². The summed E-state index contributed by atoms with van der Waals surface area (Å²) < 4.78 is 5.72. The van der Waals surface area contributed by atoms with Crippen LogP contribution in [0.3, 0.4) is 0 Å². The third-order valence-electron chi connectivity index (χ3n) is 3.96. The quantitative estimate of drug-likeness (QED) is 0.539. The van der Waals surface area contributed by atoms with Crippen LogP contribution < -0.4 is 10.6 Å². The Morgan fingerprint density at radius 3 is 2.81 bits per heavy atom. The Morgan fingerprint density at radius 2 is 2.12 bits per heavy atom. The first-order valence-corrected chi connectivity index (χ1v) is 6.48. The molecule has 3 unspecified atom stereocenters. The van der Waals surface area contributed by atoms with Gasteiger partial charge in [-0.1, -0.05) is 0 Å². The largest absolute Gasteiger partial charge is 0.378 e. The van der Waals surface area contributed by atoms with Gasteiger partial charge < -0.3 is 15.4 Å². The van der Waals surface area contributed by atoms with E-state index in [1.807, 2.05) is 7.05 Å². The van der Waals surface area contributed by atoms with Crippen molar-refractivity contribution in [2.45, 2.75) is 50.3 Å². The second-order valence-electron chi connectivity index (χ2n) is 5.19. The van der Waals surface area contributed by atoms with Crippen LogP contribution in [0.2, 0.25) is 0 Å². The van der Waals surface area contributed by atoms with E-state index in [2.05, 4.69) is 15.6 Å². The van der Waals surface area contributed by atoms with Gasteiger partial charge in [-0.05, 0) is 32.1 Å². The van der Waals surface area contributed by atoms with Gasteiger partial charge in [-0.2, -0.15) is 0 Å². The number of guanidine groups is 1. The van der Waals surface area contributed by atoms with E-state index in [0.29, 0.717) is 24.1 Å². The molecular weight excluding hydrogens is 202 g/mol. The van der Waals surface area contributed by atoms with Crippen molar-refractivity contribution in [3.8, 4) is 0 Å². The van der Waals surface area contributed by atoms with Crippen LogP contribution in [0.25, 0.3) is 0 Å². The average Bonchev–Trinajstić information content (AvgIpc) is 3.08. The molecular formula is C12H21N3O. The predicted octanol–water partition coefficient (Wildman–Crippen LogP) is 0.881. The fourth-order valence-electron chi connectivity index (χ4n) is 2.73. The zero-order chi connectivity index (χ0) is 11.0. The van der Waals surface area contributed by atoms with Gasteiger partial charge in [-0.25, -0.2) is 0 Å². The molecule has 3 rings (SSSR count). The van der Waals surface area contributed by atoms with Gasteiger partial charge in [0, 0.05) is 31.7 Å². The van der Waals surface area contributed by atoms with Gasteiger partial charge in [0.05, 0.1) is 6.10 Å². The number of ether oxygens (including phenoxy) is 1. The van der Waals surface area contributed by atoms with Crippen molar-refractivity contribution in [2.24, 2.45) is 10.9 Å². The highest BCUT2D eigenvalue weighted by atomic mass is 16.5. The Hall–Kier alpha value is -0.770. The van der Waals surface area contributed by atoms with Crippen LogP contribution in [0.1, 0.15) is 32.1 Å². The molecule has 3 fully saturated rings. The monoisotopic (exact) mass is 223 g/mol. The summed E-state index contributed by atoms with van der Waals surface area (Å²) in [5, 5.41) is 6.97. The minimum Gasteiger partial charge on any atom is -0.378 e. The normalized spacial score (nSPS) is 38.6. The van der Waals surface area contributed by atoms with Crippen molar-refractivity contribution < 1.29 is 4.74 Å². The average molecular weight is 223 g/mol. The van der Waals surface area contributed by atoms with Crippen molar-refractivity contribution in [1.82, 2.24) is 10.6 Å². The van der Waals surface area contributed by atoms with Crippen molar-refractivity contribution in [3.05, 3.63) is 0 Å². The van der Waals surface area contributed by atoms with E-state index in [-0.39, 0.29) is 0 Å². The molecule has 2 saturated carbocycles. The number of rotatable bonds is 2. The topological polar surface area (TPSA) is 45.7 Å². The molecule has 4 nitrogen and oxygen atoms in total. The number of hydrogen-bond donors (Lipinski definition) is 2. The number of aliphatic imine (C=N–C) groups is 1. The Balaban J connectivity index is 1.50. The fraction of sp³-hybridized carbons (Fsp3) is 0.917. The third-order valence-corrected chi connectivity index (χ3v) is 3.96. The van der Waals surface area contributed by atoms with Crippen LogP contribution in [0.4, 0.5) is 0 Å². The van der Waals surface area contributed by atoms with Crippen molar-refractivity contribution in [1.29, 1.82) is 0 Å². The van der Waals surface area contributed by atoms with Crippen LogP contribution in [0, 0.1) is 5.92 Å². The summed E-state index contributed by atoms with van der Waals surface area (Å²) >= 11 is 0. The molecule has 0 aromatic carbocycles. The van der Waals surface area contributed by atoms with E-state index >= 15 is 0 Å². The van der Waals surface area contributed by atoms with Gasteiger partial charge in [0.15, 0.2) is 5.96 Å². The number of hydrogen-bond acceptors (Lipinski definition) is 2. The van der Waals surface area contributed by atoms with E-state index < -0.39 is 0 Å². The summed E-state index contributed by atoms with van der Waals surface area (Å²) in [6.45, 7) is 0.961. The molecule has 0 radical (unpaired) electrons. The standard InChI is InChI=1S/C12H21N3O/c1-13-12(14-8-4-5-8)15-10-7-11-9(10)3-2-6-16-11/h8-11H,2-7H2,1H3,(H2,13,14,15). The van der Waals surface area contributed by atoms with Crippen molar-refractivity contribution in [2.75, 3.05) is 13.7 Å². The molecule has 0 aromatic rings. The van der Waals surface area contributed by atoms with E-state index in [0.717, 1.165) is 19.0 Å². The summed E-state index contributed by atoms with van der Waals surface area (Å²) in [5.41, 5.74) is 0. The molecule has 90 valence electrons. The van der Waals surface area contributed by atoms with E-state index in [1.54, 1.807) is 0 Å². The molecule has 0 spiro atoms. The lowest BCUT2D eigenvalue weighted by molar-refractivity contribution is -0.0990. The molecule has 16 heavy (non-hydrogen) atoms. The molecule has 3 atom stereocenters. The summed E-state index contributed by atoms with van der Waals surface area (Å²) in [6.07, 6.45) is 6.78. The highest BCUT2D eigenvalue weighted by Crippen LogP contribution is 2.37. The Morgan fingerprint density at radius 1 is 1.25 bits per heavy atom. The molecule has 3 aliphatic rings. The molecule has 1 aliphatic heterocycles. The van der Waals surface area contributed by atoms with Crippen molar-refractivity contribution >= 4 is 5.96 Å². The lowest BCUT2D eigenvalue weighted by Crippen LogP contribution is -2.59. The van der Waals surface area contributed by atoms with Crippen molar-refractivity contribution in [3.63, 3.8) is 0 Å². The molecule has 2 aliphatic carbocycles. The minimum absolute atomic E-state index is 0.519. The Kier molecular flexibility index (Phi) is 2.75. The lowest BCUT2D eigenvalue weighted by atomic mass is 9.72. The first-order chi connectivity index (χ1) is 7.86. The van der Waals surface area contributed by atoms with Crippen LogP contribution in [-0.2, 0) is 4.74 Å². The molecule has 0 aromatic heterocycles. The maximum Gasteiger partial charge on any atom is 0.191 e. The SMILES string of the molecule is CN=C(NC1CC1)NC1CC2OCCCC12. The zero-order valence-electron chi connectivity index (χ0n) is 9.91. The Labute approximate surface area is 96.8 Å². The summed E-state index contributed by atoms with van der Waals surface area (Å²) in [4.78, 5) is 4.28. The maximum absolute atomic E-state index is 5.72. The maximum atomic E-state index is 5.72. The van der Waals surface area contributed by atoms with E-state index in [9.17, 15) is 0 Å². The minimum atomic E-state index is 0.519. The number of nitrogens with zero attached hydrogens (tertiary/aromatic N) is 1. The summed E-state index contributed by atoms with van der Waals surface area (Å²) in [7, 11) is 1.85.